The molecule has 0 atom stereocenters. The molecule has 1 aromatic carbocycles. The second-order valence-electron chi connectivity index (χ2n) is 6.31. The second kappa shape index (κ2) is 8.75. The van der Waals surface area contributed by atoms with Crippen molar-refractivity contribution in [3.05, 3.63) is 59.7 Å². The number of hydrogen-bond donors (Lipinski definition) is 0. The number of halogens is 2. The van der Waals surface area contributed by atoms with Gasteiger partial charge in [-0.15, -0.1) is 0 Å². The zero-order valence-electron chi connectivity index (χ0n) is 14.0. The lowest BCUT2D eigenvalue weighted by Crippen LogP contribution is -2.35. The fourth-order valence-corrected chi connectivity index (χ4v) is 3.40. The van der Waals surface area contributed by atoms with E-state index in [0.29, 0.717) is 5.92 Å². The van der Waals surface area contributed by atoms with Crippen molar-refractivity contribution in [2.24, 2.45) is 0 Å². The van der Waals surface area contributed by atoms with Gasteiger partial charge in [-0.2, -0.15) is 9.65 Å². The van der Waals surface area contributed by atoms with E-state index in [1.807, 2.05) is 18.2 Å². The molecule has 4 heteroatoms. The summed E-state index contributed by atoms with van der Waals surface area (Å²) in [4.78, 5) is 0. The highest BCUT2D eigenvalue weighted by molar-refractivity contribution is 5.21. The molecule has 0 aromatic heterocycles. The van der Waals surface area contributed by atoms with Crippen LogP contribution in [0.3, 0.4) is 0 Å². The SMILES string of the molecule is COC1(CCC=CC=C(F)C#N)CCC(c2ccc(F)cc2)CC1. The number of methoxy groups -OCH3 is 1. The van der Waals surface area contributed by atoms with Gasteiger partial charge in [-0.05, 0) is 68.2 Å². The molecule has 0 amide bonds. The Bertz CT molecular complexity index is 620. The normalized spacial score (nSPS) is 24.9. The molecule has 1 aliphatic rings. The lowest BCUT2D eigenvalue weighted by atomic mass is 9.74. The fourth-order valence-electron chi connectivity index (χ4n) is 3.40. The van der Waals surface area contributed by atoms with E-state index in [-0.39, 0.29) is 11.4 Å². The Labute approximate surface area is 142 Å². The molecule has 1 aromatic rings. The lowest BCUT2D eigenvalue weighted by molar-refractivity contribution is -0.0483. The number of nitriles is 1. The van der Waals surface area contributed by atoms with Gasteiger partial charge in [0.05, 0.1) is 5.60 Å². The molecule has 1 fully saturated rings. The van der Waals surface area contributed by atoms with Gasteiger partial charge in [0.15, 0.2) is 5.83 Å². The van der Waals surface area contributed by atoms with Gasteiger partial charge < -0.3 is 4.74 Å². The van der Waals surface area contributed by atoms with Crippen molar-refractivity contribution in [2.75, 3.05) is 7.11 Å². The molecule has 0 N–H and O–H groups in total. The molecule has 2 nitrogen and oxygen atoms in total. The number of hydrogen-bond acceptors (Lipinski definition) is 2. The van der Waals surface area contributed by atoms with Crippen LogP contribution in [-0.4, -0.2) is 12.7 Å². The zero-order chi connectivity index (χ0) is 17.4. The van der Waals surface area contributed by atoms with Crippen molar-refractivity contribution in [3.8, 4) is 6.07 Å². The molecular formula is C20H23F2NO. The Hall–Kier alpha value is -1.99. The summed E-state index contributed by atoms with van der Waals surface area (Å²) < 4.78 is 31.5. The maximum absolute atomic E-state index is 13.0. The van der Waals surface area contributed by atoms with Crippen LogP contribution in [0.2, 0.25) is 0 Å². The van der Waals surface area contributed by atoms with Crippen molar-refractivity contribution >= 4 is 0 Å². The van der Waals surface area contributed by atoms with Gasteiger partial charge in [0.25, 0.3) is 0 Å². The van der Waals surface area contributed by atoms with Crippen LogP contribution >= 0.6 is 0 Å². The van der Waals surface area contributed by atoms with Crippen LogP contribution in [0.4, 0.5) is 8.78 Å². The predicted octanol–water partition coefficient (Wildman–Crippen LogP) is 5.58. The third-order valence-corrected chi connectivity index (χ3v) is 4.92. The Balaban J connectivity index is 1.87. The molecule has 0 saturated heterocycles. The quantitative estimate of drug-likeness (QED) is 0.503. The van der Waals surface area contributed by atoms with Gasteiger partial charge in [0.2, 0.25) is 0 Å². The molecule has 0 bridgehead atoms. The Morgan fingerprint density at radius 1 is 1.33 bits per heavy atom. The fraction of sp³-hybridized carbons (Fsp3) is 0.450. The van der Waals surface area contributed by atoms with Crippen molar-refractivity contribution in [1.82, 2.24) is 0 Å². The molecule has 0 radical (unpaired) electrons. The van der Waals surface area contributed by atoms with Crippen LogP contribution in [0, 0.1) is 17.1 Å². The minimum atomic E-state index is -0.785. The monoisotopic (exact) mass is 331 g/mol. The highest BCUT2D eigenvalue weighted by Gasteiger charge is 2.35. The molecular weight excluding hydrogens is 308 g/mol. The van der Waals surface area contributed by atoms with E-state index in [1.54, 1.807) is 13.2 Å². The first-order chi connectivity index (χ1) is 11.6. The summed E-state index contributed by atoms with van der Waals surface area (Å²) in [6.45, 7) is 0. The highest BCUT2D eigenvalue weighted by atomic mass is 19.1. The topological polar surface area (TPSA) is 33.0 Å². The Morgan fingerprint density at radius 3 is 2.58 bits per heavy atom. The molecule has 24 heavy (non-hydrogen) atoms. The highest BCUT2D eigenvalue weighted by Crippen LogP contribution is 2.42. The number of ether oxygens (including phenoxy) is 1. The summed E-state index contributed by atoms with van der Waals surface area (Å²) in [6.07, 6.45) is 10.2. The second-order valence-corrected chi connectivity index (χ2v) is 6.31. The number of rotatable bonds is 6. The molecule has 1 aliphatic carbocycles. The minimum Gasteiger partial charge on any atom is -0.378 e. The first-order valence-electron chi connectivity index (χ1n) is 8.31. The molecule has 128 valence electrons. The summed E-state index contributed by atoms with van der Waals surface area (Å²) in [6, 6.07) is 8.23. The Kier molecular flexibility index (Phi) is 6.69. The van der Waals surface area contributed by atoms with Gasteiger partial charge in [-0.1, -0.05) is 24.3 Å². The summed E-state index contributed by atoms with van der Waals surface area (Å²) in [5, 5.41) is 8.34. The number of allylic oxidation sites excluding steroid dienone is 4. The minimum absolute atomic E-state index is 0.141. The average Bonchev–Trinajstić information content (AvgIpc) is 2.62. The van der Waals surface area contributed by atoms with Crippen molar-refractivity contribution in [3.63, 3.8) is 0 Å². The molecule has 0 spiro atoms. The average molecular weight is 331 g/mol. The maximum atomic E-state index is 13.0. The van der Waals surface area contributed by atoms with E-state index in [0.717, 1.165) is 38.5 Å². The van der Waals surface area contributed by atoms with Crippen molar-refractivity contribution in [1.29, 1.82) is 5.26 Å². The lowest BCUT2D eigenvalue weighted by Gasteiger charge is -2.39. The van der Waals surface area contributed by atoms with Crippen LogP contribution in [-0.2, 0) is 4.74 Å². The number of benzene rings is 1. The van der Waals surface area contributed by atoms with Crippen LogP contribution in [0.25, 0.3) is 0 Å². The molecule has 0 unspecified atom stereocenters. The number of nitrogens with zero attached hydrogens (tertiary/aromatic N) is 1. The molecule has 1 saturated carbocycles. The van der Waals surface area contributed by atoms with Crippen LogP contribution in [0.15, 0.2) is 48.3 Å². The zero-order valence-corrected chi connectivity index (χ0v) is 14.0. The standard InChI is InChI=1S/C20H23F2NO/c1-24-20(12-4-2-3-5-19(22)15-23)13-10-17(11-14-20)16-6-8-18(21)9-7-16/h2-3,5-9,17H,4,10-14H2,1H3. The van der Waals surface area contributed by atoms with Crippen molar-refractivity contribution < 1.29 is 13.5 Å². The smallest absolute Gasteiger partial charge is 0.199 e. The van der Waals surface area contributed by atoms with E-state index in [2.05, 4.69) is 0 Å². The van der Waals surface area contributed by atoms with Gasteiger partial charge in [0, 0.05) is 7.11 Å². The van der Waals surface area contributed by atoms with Crippen LogP contribution < -0.4 is 0 Å². The van der Waals surface area contributed by atoms with E-state index in [9.17, 15) is 8.78 Å². The molecule has 0 heterocycles. The van der Waals surface area contributed by atoms with Gasteiger partial charge in [-0.25, -0.2) is 4.39 Å². The largest absolute Gasteiger partial charge is 0.378 e. The van der Waals surface area contributed by atoms with Gasteiger partial charge in [-0.3, -0.25) is 0 Å². The molecule has 0 aliphatic heterocycles. The first-order valence-corrected chi connectivity index (χ1v) is 8.31. The van der Waals surface area contributed by atoms with E-state index >= 15 is 0 Å². The van der Waals surface area contributed by atoms with E-state index in [4.69, 9.17) is 10.00 Å². The summed E-state index contributed by atoms with van der Waals surface area (Å²) in [7, 11) is 1.75. The van der Waals surface area contributed by atoms with Crippen LogP contribution in [0.1, 0.15) is 50.0 Å². The van der Waals surface area contributed by atoms with Crippen molar-refractivity contribution in [2.45, 2.75) is 50.0 Å². The Morgan fingerprint density at radius 2 is 2.00 bits per heavy atom. The van der Waals surface area contributed by atoms with Gasteiger partial charge >= 0.3 is 0 Å². The first kappa shape index (κ1) is 18.4. The third kappa shape index (κ3) is 5.01. The summed E-state index contributed by atoms with van der Waals surface area (Å²) in [5.41, 5.74) is 1.05. The van der Waals surface area contributed by atoms with E-state index in [1.165, 1.54) is 29.8 Å². The van der Waals surface area contributed by atoms with Crippen LogP contribution in [0.5, 0.6) is 0 Å². The summed E-state index contributed by atoms with van der Waals surface area (Å²) >= 11 is 0. The molecule has 2 rings (SSSR count). The summed E-state index contributed by atoms with van der Waals surface area (Å²) in [5.74, 6) is -0.529. The predicted molar refractivity (Wildman–Crippen MR) is 90.5 cm³/mol. The van der Waals surface area contributed by atoms with Gasteiger partial charge in [0.1, 0.15) is 11.9 Å². The maximum Gasteiger partial charge on any atom is 0.199 e. The third-order valence-electron chi connectivity index (χ3n) is 4.92. The van der Waals surface area contributed by atoms with E-state index < -0.39 is 5.83 Å².